The van der Waals surface area contributed by atoms with Gasteiger partial charge in [-0.3, -0.25) is 9.59 Å². The van der Waals surface area contributed by atoms with Gasteiger partial charge in [0.1, 0.15) is 12.6 Å². The number of nitrogens with zero attached hydrogens (tertiary/aromatic N) is 1. The number of carbonyl (C=O) groups excluding carboxylic acids is 3. The van der Waals surface area contributed by atoms with E-state index < -0.39 is 23.7 Å². The van der Waals surface area contributed by atoms with E-state index in [9.17, 15) is 14.4 Å². The lowest BCUT2D eigenvalue weighted by atomic mass is 10.0. The predicted molar refractivity (Wildman–Crippen MR) is 81.3 cm³/mol. The maximum absolute atomic E-state index is 12.4. The van der Waals surface area contributed by atoms with E-state index in [0.29, 0.717) is 18.5 Å². The van der Waals surface area contributed by atoms with Crippen molar-refractivity contribution >= 4 is 17.7 Å². The summed E-state index contributed by atoms with van der Waals surface area (Å²) < 4.78 is 5.03. The average Bonchev–Trinajstić information content (AvgIpc) is 2.59. The molecule has 5 nitrogen and oxygen atoms in total. The van der Waals surface area contributed by atoms with Gasteiger partial charge in [-0.1, -0.05) is 43.0 Å². The molecule has 116 valence electrons. The number of hydrogen-bond acceptors (Lipinski definition) is 4. The number of Topliss-reactive ketones (excluding diaryl/α,β-unsaturated/α-hetero) is 1. The zero-order chi connectivity index (χ0) is 15.9. The van der Waals surface area contributed by atoms with Crippen molar-refractivity contribution in [2.75, 3.05) is 13.2 Å². The molecule has 0 aliphatic carbocycles. The quantitative estimate of drug-likeness (QED) is 0.361. The predicted octanol–water partition coefficient (Wildman–Crippen LogP) is 1.98. The van der Waals surface area contributed by atoms with Crippen molar-refractivity contribution in [2.24, 2.45) is 0 Å². The smallest absolute Gasteiger partial charge is 0.329 e. The number of likely N-dealkylation sites (tertiary alicyclic amines) is 1. The number of esters is 1. The highest BCUT2D eigenvalue weighted by Crippen LogP contribution is 2.19. The first-order chi connectivity index (χ1) is 10.6. The minimum absolute atomic E-state index is 0.101. The molecule has 0 saturated carbocycles. The summed E-state index contributed by atoms with van der Waals surface area (Å²) >= 11 is 0. The topological polar surface area (TPSA) is 63.7 Å². The molecule has 0 spiro atoms. The van der Waals surface area contributed by atoms with Gasteiger partial charge in [-0.2, -0.15) is 0 Å². The van der Waals surface area contributed by atoms with Crippen LogP contribution in [0, 0.1) is 0 Å². The lowest BCUT2D eigenvalue weighted by Crippen LogP contribution is -2.51. The molecule has 1 aliphatic heterocycles. The molecule has 1 fully saturated rings. The highest BCUT2D eigenvalue weighted by molar-refractivity contribution is 6.43. The summed E-state index contributed by atoms with van der Waals surface area (Å²) in [6.45, 7) is 3.98. The molecule has 1 atom stereocenters. The van der Waals surface area contributed by atoms with Crippen LogP contribution < -0.4 is 0 Å². The number of carbonyl (C=O) groups is 3. The van der Waals surface area contributed by atoms with E-state index >= 15 is 0 Å². The van der Waals surface area contributed by atoms with Gasteiger partial charge in [0.2, 0.25) is 5.78 Å². The first-order valence-electron chi connectivity index (χ1n) is 7.33. The van der Waals surface area contributed by atoms with Crippen molar-refractivity contribution in [3.05, 3.63) is 48.6 Å². The van der Waals surface area contributed by atoms with Crippen LogP contribution in [0.15, 0.2) is 43.0 Å². The summed E-state index contributed by atoms with van der Waals surface area (Å²) in [6, 6.07) is 7.68. The van der Waals surface area contributed by atoms with Gasteiger partial charge >= 0.3 is 5.97 Å². The zero-order valence-corrected chi connectivity index (χ0v) is 12.4. The van der Waals surface area contributed by atoms with E-state index in [-0.39, 0.29) is 6.61 Å². The molecule has 0 radical (unpaired) electrons. The Morgan fingerprint density at radius 3 is 2.64 bits per heavy atom. The minimum Gasteiger partial charge on any atom is -0.460 e. The minimum atomic E-state index is -0.686. The number of amides is 1. The number of ketones is 1. The Morgan fingerprint density at radius 2 is 1.95 bits per heavy atom. The fourth-order valence-electron chi connectivity index (χ4n) is 2.50. The van der Waals surface area contributed by atoms with Crippen LogP contribution in [0.5, 0.6) is 0 Å². The van der Waals surface area contributed by atoms with Gasteiger partial charge in [0.25, 0.3) is 5.91 Å². The van der Waals surface area contributed by atoms with E-state index in [2.05, 4.69) is 6.58 Å². The summed E-state index contributed by atoms with van der Waals surface area (Å²) in [7, 11) is 0. The fraction of sp³-hybridized carbons (Fsp3) is 0.353. The van der Waals surface area contributed by atoms with Crippen LogP contribution in [0.1, 0.15) is 29.6 Å². The normalized spacial score (nSPS) is 17.6. The second-order valence-electron chi connectivity index (χ2n) is 5.12. The Morgan fingerprint density at radius 1 is 1.23 bits per heavy atom. The first kappa shape index (κ1) is 15.9. The van der Waals surface area contributed by atoms with Crippen LogP contribution >= 0.6 is 0 Å². The fourth-order valence-corrected chi connectivity index (χ4v) is 2.50. The molecular weight excluding hydrogens is 282 g/mol. The summed E-state index contributed by atoms with van der Waals surface area (Å²) in [5, 5.41) is 0. The third kappa shape index (κ3) is 3.61. The Balaban J connectivity index is 2.13. The van der Waals surface area contributed by atoms with Crippen LogP contribution in [0.25, 0.3) is 0 Å². The van der Waals surface area contributed by atoms with Gasteiger partial charge < -0.3 is 9.64 Å². The number of benzene rings is 1. The van der Waals surface area contributed by atoms with Crippen LogP contribution in [0.2, 0.25) is 0 Å². The van der Waals surface area contributed by atoms with Crippen LogP contribution in [-0.2, 0) is 14.3 Å². The molecule has 1 amide bonds. The molecule has 1 aromatic rings. The van der Waals surface area contributed by atoms with E-state index in [1.54, 1.807) is 30.3 Å². The van der Waals surface area contributed by atoms with Gasteiger partial charge in [-0.05, 0) is 19.3 Å². The summed E-state index contributed by atoms with van der Waals surface area (Å²) in [4.78, 5) is 38.1. The molecule has 1 saturated heterocycles. The summed E-state index contributed by atoms with van der Waals surface area (Å²) in [5.74, 6) is -1.72. The van der Waals surface area contributed by atoms with Crippen LogP contribution in [0.4, 0.5) is 0 Å². The monoisotopic (exact) mass is 301 g/mol. The maximum Gasteiger partial charge on any atom is 0.329 e. The molecule has 1 aromatic carbocycles. The molecule has 0 bridgehead atoms. The van der Waals surface area contributed by atoms with Gasteiger partial charge in [0, 0.05) is 12.1 Å². The molecule has 1 aliphatic rings. The zero-order valence-electron chi connectivity index (χ0n) is 12.4. The number of rotatable bonds is 5. The van der Waals surface area contributed by atoms with E-state index in [1.807, 2.05) is 0 Å². The third-order valence-electron chi connectivity index (χ3n) is 3.61. The molecule has 5 heteroatoms. The third-order valence-corrected chi connectivity index (χ3v) is 3.61. The Bertz CT molecular complexity index is 567. The van der Waals surface area contributed by atoms with Gasteiger partial charge in [0.15, 0.2) is 0 Å². The SMILES string of the molecule is C=CCOC(=O)[C@@H]1CCCCN1C(=O)C(=O)c1ccccc1. The molecule has 2 rings (SSSR count). The number of ether oxygens (including phenoxy) is 1. The molecule has 0 aromatic heterocycles. The van der Waals surface area contributed by atoms with Crippen molar-refractivity contribution in [1.29, 1.82) is 0 Å². The lowest BCUT2D eigenvalue weighted by Gasteiger charge is -2.33. The molecule has 1 heterocycles. The van der Waals surface area contributed by atoms with E-state index in [0.717, 1.165) is 12.8 Å². The van der Waals surface area contributed by atoms with Crippen LogP contribution in [0.3, 0.4) is 0 Å². The van der Waals surface area contributed by atoms with Crippen molar-refractivity contribution in [3.8, 4) is 0 Å². The molecule has 0 N–H and O–H groups in total. The van der Waals surface area contributed by atoms with Crippen molar-refractivity contribution in [3.63, 3.8) is 0 Å². The number of piperidine rings is 1. The second-order valence-corrected chi connectivity index (χ2v) is 5.12. The summed E-state index contributed by atoms with van der Waals surface area (Å²) in [5.41, 5.74) is 0.330. The Kier molecular flexibility index (Phi) is 5.47. The van der Waals surface area contributed by atoms with Gasteiger partial charge in [-0.15, -0.1) is 0 Å². The average molecular weight is 301 g/mol. The Labute approximate surface area is 129 Å². The summed E-state index contributed by atoms with van der Waals surface area (Å²) in [6.07, 6.45) is 3.60. The largest absolute Gasteiger partial charge is 0.460 e. The maximum atomic E-state index is 12.4. The first-order valence-corrected chi connectivity index (χ1v) is 7.33. The highest BCUT2D eigenvalue weighted by atomic mass is 16.5. The van der Waals surface area contributed by atoms with Crippen molar-refractivity contribution in [1.82, 2.24) is 4.90 Å². The molecule has 0 unspecified atom stereocenters. The van der Waals surface area contributed by atoms with Crippen LogP contribution in [-0.4, -0.2) is 41.8 Å². The standard InChI is InChI=1S/C17H19NO4/c1-2-12-22-17(21)14-10-6-7-11-18(14)16(20)15(19)13-8-4-3-5-9-13/h2-5,8-9,14H,1,6-7,10-12H2/t14-/m0/s1. The van der Waals surface area contributed by atoms with E-state index in [1.165, 1.54) is 11.0 Å². The van der Waals surface area contributed by atoms with Crippen molar-refractivity contribution < 1.29 is 19.1 Å². The Hall–Kier alpha value is -2.43. The van der Waals surface area contributed by atoms with Gasteiger partial charge in [0.05, 0.1) is 0 Å². The molecular formula is C17H19NO4. The van der Waals surface area contributed by atoms with Gasteiger partial charge in [-0.25, -0.2) is 4.79 Å². The number of hydrogen-bond donors (Lipinski definition) is 0. The second kappa shape index (κ2) is 7.54. The van der Waals surface area contributed by atoms with Crippen molar-refractivity contribution in [2.45, 2.75) is 25.3 Å². The van der Waals surface area contributed by atoms with E-state index in [4.69, 9.17) is 4.74 Å². The highest BCUT2D eigenvalue weighted by Gasteiger charge is 2.36. The molecule has 22 heavy (non-hydrogen) atoms. The lowest BCUT2D eigenvalue weighted by molar-refractivity contribution is -0.154.